The first-order chi connectivity index (χ1) is 15.2. The molecule has 1 aromatic rings. The SMILES string of the molecule is CC(=O)OC1OC(COS(C)(=O)=O)(COS(C)(=O)=O)C(OCc2ccccc2)[C@@H]1OC(C)=O. The van der Waals surface area contributed by atoms with E-state index in [0.29, 0.717) is 5.56 Å². The summed E-state index contributed by atoms with van der Waals surface area (Å²) in [6.45, 7) is 0.540. The van der Waals surface area contributed by atoms with Crippen LogP contribution < -0.4 is 0 Å². The molecule has 186 valence electrons. The quantitative estimate of drug-likeness (QED) is 0.293. The maximum atomic E-state index is 11.8. The van der Waals surface area contributed by atoms with Crippen molar-refractivity contribution < 1.29 is 53.7 Å². The van der Waals surface area contributed by atoms with Gasteiger partial charge >= 0.3 is 11.9 Å². The monoisotopic (exact) mass is 510 g/mol. The summed E-state index contributed by atoms with van der Waals surface area (Å²) in [5.41, 5.74) is -1.27. The second kappa shape index (κ2) is 10.9. The van der Waals surface area contributed by atoms with Gasteiger partial charge in [-0.15, -0.1) is 0 Å². The summed E-state index contributed by atoms with van der Waals surface area (Å²) < 4.78 is 78.5. The number of hydrogen-bond acceptors (Lipinski definition) is 12. The Morgan fingerprint density at radius 1 is 0.909 bits per heavy atom. The maximum absolute atomic E-state index is 11.8. The molecular weight excluding hydrogens is 484 g/mol. The highest BCUT2D eigenvalue weighted by Crippen LogP contribution is 2.38. The van der Waals surface area contributed by atoms with Crippen LogP contribution in [0, 0.1) is 0 Å². The van der Waals surface area contributed by atoms with E-state index in [1.54, 1.807) is 30.3 Å². The molecule has 0 bridgehead atoms. The standard InChI is InChI=1S/C19H26O12S2/c1-13(20)29-16-17(26-10-15-8-6-5-7-9-15)19(11-27-32(3,22)23,12-28-33(4,24)25)31-18(16)30-14(2)21/h5-9,16-18H,10-12H2,1-4H3/t16-,17?,18?/m0/s1. The summed E-state index contributed by atoms with van der Waals surface area (Å²) in [5.74, 6) is -1.58. The summed E-state index contributed by atoms with van der Waals surface area (Å²) >= 11 is 0. The first-order valence-electron chi connectivity index (χ1n) is 9.57. The number of rotatable bonds is 11. The predicted octanol–water partition coefficient (Wildman–Crippen LogP) is 0.114. The van der Waals surface area contributed by atoms with E-state index in [9.17, 15) is 26.4 Å². The molecule has 1 aliphatic rings. The van der Waals surface area contributed by atoms with E-state index in [1.807, 2.05) is 0 Å². The zero-order valence-electron chi connectivity index (χ0n) is 18.5. The number of esters is 2. The Morgan fingerprint density at radius 3 is 1.88 bits per heavy atom. The van der Waals surface area contributed by atoms with Crippen molar-refractivity contribution in [2.45, 2.75) is 44.6 Å². The molecular formula is C19H26O12S2. The summed E-state index contributed by atoms with van der Waals surface area (Å²) in [6.07, 6.45) is -2.74. The van der Waals surface area contributed by atoms with Crippen LogP contribution in [0.2, 0.25) is 0 Å². The minimum absolute atomic E-state index is 0.0705. The minimum atomic E-state index is -4.03. The van der Waals surface area contributed by atoms with E-state index in [2.05, 4.69) is 0 Å². The van der Waals surface area contributed by atoms with Gasteiger partial charge in [-0.25, -0.2) is 0 Å². The molecule has 1 aliphatic heterocycles. The van der Waals surface area contributed by atoms with E-state index in [1.165, 1.54) is 0 Å². The van der Waals surface area contributed by atoms with Gasteiger partial charge in [0, 0.05) is 13.8 Å². The molecule has 0 saturated carbocycles. The third-order valence-electron chi connectivity index (χ3n) is 4.33. The fourth-order valence-electron chi connectivity index (χ4n) is 3.07. The molecule has 14 heteroatoms. The first kappa shape index (κ1) is 27.1. The van der Waals surface area contributed by atoms with Gasteiger partial charge in [0.1, 0.15) is 19.3 Å². The molecule has 1 heterocycles. The number of carbonyl (C=O) groups excluding carboxylic acids is 2. The van der Waals surface area contributed by atoms with Crippen molar-refractivity contribution in [3.63, 3.8) is 0 Å². The van der Waals surface area contributed by atoms with Crippen molar-refractivity contribution >= 4 is 32.2 Å². The van der Waals surface area contributed by atoms with Crippen LogP contribution in [0.4, 0.5) is 0 Å². The van der Waals surface area contributed by atoms with E-state index >= 15 is 0 Å². The third kappa shape index (κ3) is 8.64. The molecule has 0 N–H and O–H groups in total. The summed E-state index contributed by atoms with van der Waals surface area (Å²) in [5, 5.41) is 0. The van der Waals surface area contributed by atoms with Crippen LogP contribution >= 0.6 is 0 Å². The second-order valence-electron chi connectivity index (χ2n) is 7.38. The van der Waals surface area contributed by atoms with Crippen LogP contribution in [-0.4, -0.2) is 78.6 Å². The lowest BCUT2D eigenvalue weighted by molar-refractivity contribution is -0.211. The largest absolute Gasteiger partial charge is 0.453 e. The van der Waals surface area contributed by atoms with Crippen molar-refractivity contribution in [2.75, 3.05) is 25.7 Å². The second-order valence-corrected chi connectivity index (χ2v) is 10.7. The Kier molecular flexibility index (Phi) is 8.95. The van der Waals surface area contributed by atoms with Crippen LogP contribution in [0.15, 0.2) is 30.3 Å². The van der Waals surface area contributed by atoms with Gasteiger partial charge in [-0.2, -0.15) is 16.8 Å². The number of ether oxygens (including phenoxy) is 4. The van der Waals surface area contributed by atoms with Crippen LogP contribution in [-0.2, 0) is 63.7 Å². The van der Waals surface area contributed by atoms with E-state index in [0.717, 1.165) is 26.4 Å². The molecule has 0 spiro atoms. The average molecular weight is 511 g/mol. The molecule has 12 nitrogen and oxygen atoms in total. The maximum Gasteiger partial charge on any atom is 0.305 e. The van der Waals surface area contributed by atoms with Crippen LogP contribution in [0.25, 0.3) is 0 Å². The van der Waals surface area contributed by atoms with Crippen molar-refractivity contribution in [3.05, 3.63) is 35.9 Å². The topological polar surface area (TPSA) is 158 Å². The Hall–Kier alpha value is -2.10. The molecule has 33 heavy (non-hydrogen) atoms. The lowest BCUT2D eigenvalue weighted by Gasteiger charge is -2.33. The van der Waals surface area contributed by atoms with Gasteiger partial charge in [-0.3, -0.25) is 18.0 Å². The fourth-order valence-corrected chi connectivity index (χ4v) is 3.89. The Labute approximate surface area is 192 Å². The molecule has 2 rings (SSSR count). The molecule has 0 amide bonds. The third-order valence-corrected chi connectivity index (χ3v) is 5.42. The summed E-state index contributed by atoms with van der Waals surface area (Å²) in [6, 6.07) is 8.76. The van der Waals surface area contributed by atoms with Crippen molar-refractivity contribution in [2.24, 2.45) is 0 Å². The number of carbonyl (C=O) groups is 2. The van der Waals surface area contributed by atoms with E-state index in [-0.39, 0.29) is 6.61 Å². The molecule has 1 saturated heterocycles. The van der Waals surface area contributed by atoms with Gasteiger partial charge in [-0.1, -0.05) is 30.3 Å². The Morgan fingerprint density at radius 2 is 1.42 bits per heavy atom. The van der Waals surface area contributed by atoms with Crippen molar-refractivity contribution in [1.29, 1.82) is 0 Å². The molecule has 3 atom stereocenters. The lowest BCUT2D eigenvalue weighted by atomic mass is 9.96. The molecule has 2 unspecified atom stereocenters. The van der Waals surface area contributed by atoms with Crippen molar-refractivity contribution in [3.8, 4) is 0 Å². The highest BCUT2D eigenvalue weighted by molar-refractivity contribution is 7.86. The molecule has 1 aromatic carbocycles. The Balaban J connectivity index is 2.50. The van der Waals surface area contributed by atoms with Gasteiger partial charge in [0.05, 0.1) is 19.1 Å². The fraction of sp³-hybridized carbons (Fsp3) is 0.579. The highest BCUT2D eigenvalue weighted by Gasteiger charge is 2.60. The smallest absolute Gasteiger partial charge is 0.305 e. The van der Waals surface area contributed by atoms with E-state index in [4.69, 9.17) is 27.3 Å². The first-order valence-corrected chi connectivity index (χ1v) is 13.2. The zero-order valence-corrected chi connectivity index (χ0v) is 20.1. The van der Waals surface area contributed by atoms with E-state index < -0.39 is 69.5 Å². The van der Waals surface area contributed by atoms with Gasteiger partial charge in [0.25, 0.3) is 20.2 Å². The summed E-state index contributed by atoms with van der Waals surface area (Å²) in [4.78, 5) is 23.4. The van der Waals surface area contributed by atoms with Crippen LogP contribution in [0.5, 0.6) is 0 Å². The Bertz CT molecular complexity index is 1000. The predicted molar refractivity (Wildman–Crippen MR) is 112 cm³/mol. The molecule has 0 radical (unpaired) electrons. The average Bonchev–Trinajstić information content (AvgIpc) is 2.95. The minimum Gasteiger partial charge on any atom is -0.453 e. The van der Waals surface area contributed by atoms with Crippen molar-refractivity contribution in [1.82, 2.24) is 0 Å². The van der Waals surface area contributed by atoms with Crippen LogP contribution in [0.1, 0.15) is 19.4 Å². The highest BCUT2D eigenvalue weighted by atomic mass is 32.2. The number of benzene rings is 1. The molecule has 0 aromatic heterocycles. The molecule has 0 aliphatic carbocycles. The van der Waals surface area contributed by atoms with Gasteiger partial charge in [-0.05, 0) is 5.56 Å². The normalized spacial score (nSPS) is 22.6. The lowest BCUT2D eigenvalue weighted by Crippen LogP contribution is -2.53. The zero-order chi connectivity index (χ0) is 24.9. The van der Waals surface area contributed by atoms with Crippen LogP contribution in [0.3, 0.4) is 0 Å². The van der Waals surface area contributed by atoms with Gasteiger partial charge in [0.15, 0.2) is 11.7 Å². The van der Waals surface area contributed by atoms with Gasteiger partial charge in [0.2, 0.25) is 6.29 Å². The van der Waals surface area contributed by atoms with Gasteiger partial charge < -0.3 is 18.9 Å². The number of hydrogen-bond donors (Lipinski definition) is 0. The summed E-state index contributed by atoms with van der Waals surface area (Å²) in [7, 11) is -8.06. The molecule has 1 fully saturated rings.